The molecule has 134 valence electrons. The highest BCUT2D eigenvalue weighted by Crippen LogP contribution is 2.30. The molecule has 0 saturated carbocycles. The maximum absolute atomic E-state index is 14.9. The van der Waals surface area contributed by atoms with Crippen molar-refractivity contribution in [2.24, 2.45) is 0 Å². The van der Waals surface area contributed by atoms with Gasteiger partial charge >= 0.3 is 0 Å². The fraction of sp³-hybridized carbons (Fsp3) is 0.316. The summed E-state index contributed by atoms with van der Waals surface area (Å²) in [5.41, 5.74) is 1.78. The number of nitrogens with zero attached hydrogens (tertiary/aromatic N) is 4. The van der Waals surface area contributed by atoms with Crippen molar-refractivity contribution < 1.29 is 9.13 Å². The average Bonchev–Trinajstić information content (AvgIpc) is 2.60. The minimum Gasteiger partial charge on any atom is -0.372 e. The lowest BCUT2D eigenvalue weighted by molar-refractivity contribution is -0.0280. The zero-order valence-electron chi connectivity index (χ0n) is 14.5. The van der Waals surface area contributed by atoms with Gasteiger partial charge in [-0.15, -0.1) is 0 Å². The molecule has 1 aliphatic heterocycles. The number of hydrogen-bond acceptors (Lipinski definition) is 5. The molecule has 3 aromatic rings. The number of morpholine rings is 1. The summed E-state index contributed by atoms with van der Waals surface area (Å²) in [6.07, 6.45) is 3.16. The molecule has 1 saturated heterocycles. The molecular weight excluding hydrogens is 399 g/mol. The Kier molecular flexibility index (Phi) is 4.36. The Morgan fingerprint density at radius 3 is 2.81 bits per heavy atom. The number of aromatic nitrogens is 3. The Balaban J connectivity index is 1.74. The number of hydrogen-bond donors (Lipinski definition) is 0. The van der Waals surface area contributed by atoms with Gasteiger partial charge in [-0.25, -0.2) is 19.3 Å². The third kappa shape index (κ3) is 3.29. The molecule has 26 heavy (non-hydrogen) atoms. The predicted molar refractivity (Wildman–Crippen MR) is 103 cm³/mol. The van der Waals surface area contributed by atoms with Crippen molar-refractivity contribution in [1.29, 1.82) is 0 Å². The van der Waals surface area contributed by atoms with Crippen molar-refractivity contribution in [2.75, 3.05) is 24.6 Å². The number of anilines is 1. The van der Waals surface area contributed by atoms with Crippen LogP contribution in [-0.2, 0) is 4.74 Å². The fourth-order valence-electron chi connectivity index (χ4n) is 3.25. The van der Waals surface area contributed by atoms with Gasteiger partial charge in [0.1, 0.15) is 6.33 Å². The van der Waals surface area contributed by atoms with Gasteiger partial charge in [-0.05, 0) is 38.1 Å². The van der Waals surface area contributed by atoms with Crippen molar-refractivity contribution in [1.82, 2.24) is 15.0 Å². The molecule has 5 nitrogen and oxygen atoms in total. The summed E-state index contributed by atoms with van der Waals surface area (Å²) in [6, 6.07) is 7.24. The lowest BCUT2D eigenvalue weighted by Crippen LogP contribution is -2.48. The van der Waals surface area contributed by atoms with Gasteiger partial charge in [-0.3, -0.25) is 0 Å². The quantitative estimate of drug-likeness (QED) is 0.626. The number of rotatable bonds is 2. The topological polar surface area (TPSA) is 51.1 Å². The van der Waals surface area contributed by atoms with Crippen LogP contribution in [0.5, 0.6) is 0 Å². The number of benzene rings is 1. The molecule has 0 spiro atoms. The minimum absolute atomic E-state index is 0.319. The first kappa shape index (κ1) is 17.3. The van der Waals surface area contributed by atoms with E-state index in [-0.39, 0.29) is 11.4 Å². The number of fused-ring (bicyclic) bond motifs is 1. The van der Waals surface area contributed by atoms with E-state index in [4.69, 9.17) is 4.74 Å². The standard InChI is InChI=1S/C19H18BrFN4O/c1-19(2)10-25(5-6-26-19)18-15(21)7-12(9-22-18)17-14-8-13(20)3-4-16(14)23-11-24-17/h3-4,7-9,11H,5-6,10H2,1-2H3. The molecule has 0 bridgehead atoms. The molecular formula is C19H18BrFN4O. The van der Waals surface area contributed by atoms with Crippen LogP contribution in [-0.4, -0.2) is 40.2 Å². The zero-order chi connectivity index (χ0) is 18.3. The van der Waals surface area contributed by atoms with Crippen LogP contribution in [0.25, 0.3) is 22.2 Å². The smallest absolute Gasteiger partial charge is 0.166 e. The Morgan fingerprint density at radius 2 is 2.04 bits per heavy atom. The van der Waals surface area contributed by atoms with E-state index in [0.717, 1.165) is 15.4 Å². The largest absolute Gasteiger partial charge is 0.372 e. The van der Waals surface area contributed by atoms with E-state index < -0.39 is 0 Å². The highest BCUT2D eigenvalue weighted by molar-refractivity contribution is 9.10. The molecule has 3 heterocycles. The van der Waals surface area contributed by atoms with Gasteiger partial charge in [0.15, 0.2) is 11.6 Å². The van der Waals surface area contributed by atoms with Gasteiger partial charge < -0.3 is 9.64 Å². The van der Waals surface area contributed by atoms with E-state index in [1.807, 2.05) is 36.9 Å². The second-order valence-corrected chi connectivity index (χ2v) is 7.86. The highest BCUT2D eigenvalue weighted by Gasteiger charge is 2.29. The molecule has 0 N–H and O–H groups in total. The van der Waals surface area contributed by atoms with Crippen LogP contribution >= 0.6 is 15.9 Å². The number of halogens is 2. The van der Waals surface area contributed by atoms with Crippen molar-refractivity contribution in [3.8, 4) is 11.3 Å². The second-order valence-electron chi connectivity index (χ2n) is 6.94. The zero-order valence-corrected chi connectivity index (χ0v) is 16.1. The second kappa shape index (κ2) is 6.55. The van der Waals surface area contributed by atoms with Gasteiger partial charge in [-0.1, -0.05) is 15.9 Å². The Bertz CT molecular complexity index is 979. The van der Waals surface area contributed by atoms with E-state index in [2.05, 4.69) is 30.9 Å². The van der Waals surface area contributed by atoms with Crippen LogP contribution in [0.3, 0.4) is 0 Å². The Hall–Kier alpha value is -2.12. The summed E-state index contributed by atoms with van der Waals surface area (Å²) in [6.45, 7) is 5.77. The minimum atomic E-state index is -0.359. The van der Waals surface area contributed by atoms with E-state index in [1.165, 1.54) is 12.4 Å². The van der Waals surface area contributed by atoms with Crippen LogP contribution in [0.1, 0.15) is 13.8 Å². The van der Waals surface area contributed by atoms with Gasteiger partial charge in [0, 0.05) is 34.7 Å². The SMILES string of the molecule is CC1(C)CN(c2ncc(-c3ncnc4ccc(Br)cc34)cc2F)CCO1. The van der Waals surface area contributed by atoms with Crippen molar-refractivity contribution in [3.63, 3.8) is 0 Å². The molecule has 0 aliphatic carbocycles. The van der Waals surface area contributed by atoms with Crippen LogP contribution < -0.4 is 4.90 Å². The third-order valence-corrected chi connectivity index (χ3v) is 4.91. The number of pyridine rings is 1. The fourth-order valence-corrected chi connectivity index (χ4v) is 3.61. The molecule has 7 heteroatoms. The van der Waals surface area contributed by atoms with E-state index in [0.29, 0.717) is 36.8 Å². The van der Waals surface area contributed by atoms with Crippen LogP contribution in [0.4, 0.5) is 10.2 Å². The van der Waals surface area contributed by atoms with Crippen LogP contribution in [0.2, 0.25) is 0 Å². The maximum Gasteiger partial charge on any atom is 0.166 e. The van der Waals surface area contributed by atoms with Gasteiger partial charge in [0.05, 0.1) is 23.4 Å². The molecule has 0 radical (unpaired) electrons. The van der Waals surface area contributed by atoms with E-state index in [9.17, 15) is 4.39 Å². The maximum atomic E-state index is 14.9. The Labute approximate surface area is 159 Å². The molecule has 4 rings (SSSR count). The summed E-state index contributed by atoms with van der Waals surface area (Å²) in [5.74, 6) is -0.00775. The molecule has 1 aromatic carbocycles. The van der Waals surface area contributed by atoms with Gasteiger partial charge in [0.2, 0.25) is 0 Å². The van der Waals surface area contributed by atoms with Crippen molar-refractivity contribution >= 4 is 32.7 Å². The lowest BCUT2D eigenvalue weighted by Gasteiger charge is -2.38. The first-order valence-corrected chi connectivity index (χ1v) is 9.17. The summed E-state index contributed by atoms with van der Waals surface area (Å²) >= 11 is 3.46. The lowest BCUT2D eigenvalue weighted by atomic mass is 10.1. The van der Waals surface area contributed by atoms with E-state index in [1.54, 1.807) is 6.20 Å². The highest BCUT2D eigenvalue weighted by atomic mass is 79.9. The van der Waals surface area contributed by atoms with Gasteiger partial charge in [-0.2, -0.15) is 0 Å². The average molecular weight is 417 g/mol. The Morgan fingerprint density at radius 1 is 1.19 bits per heavy atom. The monoisotopic (exact) mass is 416 g/mol. The molecule has 0 amide bonds. The summed E-state index contributed by atoms with van der Waals surface area (Å²) in [4.78, 5) is 14.9. The normalized spacial score (nSPS) is 16.8. The first-order chi connectivity index (χ1) is 12.4. The summed E-state index contributed by atoms with van der Waals surface area (Å²) in [5, 5.41) is 0.850. The molecule has 1 fully saturated rings. The van der Waals surface area contributed by atoms with Crippen molar-refractivity contribution in [2.45, 2.75) is 19.4 Å². The molecule has 0 atom stereocenters. The summed E-state index contributed by atoms with van der Waals surface area (Å²) in [7, 11) is 0. The van der Waals surface area contributed by atoms with Gasteiger partial charge in [0.25, 0.3) is 0 Å². The van der Waals surface area contributed by atoms with E-state index >= 15 is 0 Å². The molecule has 1 aliphatic rings. The van der Waals surface area contributed by atoms with Crippen molar-refractivity contribution in [3.05, 3.63) is 47.1 Å². The first-order valence-electron chi connectivity index (χ1n) is 8.38. The predicted octanol–water partition coefficient (Wildman–Crippen LogP) is 4.21. The third-order valence-electron chi connectivity index (χ3n) is 4.42. The molecule has 0 unspecified atom stereocenters. The van der Waals surface area contributed by atoms with Crippen LogP contribution in [0.15, 0.2) is 41.3 Å². The summed E-state index contributed by atoms with van der Waals surface area (Å²) < 4.78 is 21.5. The molecule has 2 aromatic heterocycles. The number of ether oxygens (including phenoxy) is 1. The van der Waals surface area contributed by atoms with Crippen LogP contribution in [0, 0.1) is 5.82 Å².